The number of nitrogens with one attached hydrogen (secondary N) is 2. The topological polar surface area (TPSA) is 93.0 Å². The summed E-state index contributed by atoms with van der Waals surface area (Å²) in [4.78, 5) is 16.1. The Kier molecular flexibility index (Phi) is 4.13. The number of nitrogens with zero attached hydrogens (tertiary/aromatic N) is 2. The lowest BCUT2D eigenvalue weighted by atomic mass is 9.86. The second kappa shape index (κ2) is 6.58. The average Bonchev–Trinajstić information content (AvgIpc) is 3.21. The van der Waals surface area contributed by atoms with Gasteiger partial charge in [0.25, 0.3) is 5.88 Å². The SMILES string of the molecule is Cc1nonc1OCCNC(=O)[C@H]1CCCc2c1[nH]c1ccccc21. The highest BCUT2D eigenvalue weighted by atomic mass is 16.6. The maximum Gasteiger partial charge on any atom is 0.278 e. The number of aromatic nitrogens is 3. The lowest BCUT2D eigenvalue weighted by Gasteiger charge is -2.22. The van der Waals surface area contributed by atoms with E-state index in [1.165, 1.54) is 10.9 Å². The number of amides is 1. The van der Waals surface area contributed by atoms with Gasteiger partial charge in [-0.15, -0.1) is 0 Å². The van der Waals surface area contributed by atoms with Gasteiger partial charge in [0, 0.05) is 16.6 Å². The molecule has 1 aliphatic carbocycles. The molecule has 1 atom stereocenters. The molecular formula is C18H20N4O3. The quantitative estimate of drug-likeness (QED) is 0.696. The number of hydrogen-bond acceptors (Lipinski definition) is 5. The number of ether oxygens (including phenoxy) is 1. The summed E-state index contributed by atoms with van der Waals surface area (Å²) in [5.41, 5.74) is 4.04. The third-order valence-corrected chi connectivity index (χ3v) is 4.68. The Balaban J connectivity index is 1.41. The van der Waals surface area contributed by atoms with Gasteiger partial charge in [0.05, 0.1) is 12.5 Å². The van der Waals surface area contributed by atoms with Crippen LogP contribution in [0.25, 0.3) is 10.9 Å². The number of fused-ring (bicyclic) bond motifs is 3. The van der Waals surface area contributed by atoms with E-state index in [4.69, 9.17) is 4.74 Å². The number of para-hydroxylation sites is 1. The predicted molar refractivity (Wildman–Crippen MR) is 91.5 cm³/mol. The molecule has 0 spiro atoms. The fourth-order valence-electron chi connectivity index (χ4n) is 3.48. The molecule has 4 rings (SSSR count). The van der Waals surface area contributed by atoms with Gasteiger partial charge in [0.1, 0.15) is 12.3 Å². The van der Waals surface area contributed by atoms with E-state index < -0.39 is 0 Å². The fraction of sp³-hybridized carbons (Fsp3) is 0.389. The van der Waals surface area contributed by atoms with E-state index in [1.807, 2.05) is 12.1 Å². The number of rotatable bonds is 5. The van der Waals surface area contributed by atoms with E-state index in [9.17, 15) is 4.79 Å². The van der Waals surface area contributed by atoms with E-state index in [0.717, 1.165) is 30.5 Å². The minimum atomic E-state index is -0.133. The number of aromatic amines is 1. The molecule has 0 saturated heterocycles. The standard InChI is InChI=1S/C18H20N4O3/c1-11-18(22-25-21-11)24-10-9-19-17(23)14-7-4-6-13-12-5-2-3-8-15(12)20-16(13)14/h2-3,5,8,14,20H,4,6-7,9-10H2,1H3,(H,19,23)/t14-/m0/s1. The lowest BCUT2D eigenvalue weighted by molar-refractivity contribution is -0.123. The molecule has 7 nitrogen and oxygen atoms in total. The van der Waals surface area contributed by atoms with Crippen LogP contribution in [0.4, 0.5) is 0 Å². The molecule has 2 aromatic heterocycles. The van der Waals surface area contributed by atoms with Crippen LogP contribution in [-0.4, -0.2) is 34.4 Å². The molecule has 0 aliphatic heterocycles. The molecule has 0 saturated carbocycles. The third kappa shape index (κ3) is 2.97. The van der Waals surface area contributed by atoms with Crippen LogP contribution in [0.3, 0.4) is 0 Å². The molecule has 0 fully saturated rings. The molecule has 130 valence electrons. The molecule has 0 unspecified atom stereocenters. The first-order chi connectivity index (χ1) is 12.2. The van der Waals surface area contributed by atoms with Crippen molar-refractivity contribution in [1.29, 1.82) is 0 Å². The molecule has 2 N–H and O–H groups in total. The summed E-state index contributed by atoms with van der Waals surface area (Å²) in [6.45, 7) is 2.49. The number of carbonyl (C=O) groups excluding carboxylic acids is 1. The largest absolute Gasteiger partial charge is 0.472 e. The number of aryl methyl sites for hydroxylation is 2. The van der Waals surface area contributed by atoms with Crippen molar-refractivity contribution in [3.05, 3.63) is 41.2 Å². The summed E-state index contributed by atoms with van der Waals surface area (Å²) in [6, 6.07) is 8.23. The molecule has 2 heterocycles. The van der Waals surface area contributed by atoms with Crippen LogP contribution in [-0.2, 0) is 11.2 Å². The van der Waals surface area contributed by atoms with E-state index in [2.05, 4.69) is 37.4 Å². The maximum atomic E-state index is 12.6. The summed E-state index contributed by atoms with van der Waals surface area (Å²) in [5.74, 6) is 0.266. The summed E-state index contributed by atoms with van der Waals surface area (Å²) in [5, 5.41) is 11.5. The normalized spacial score (nSPS) is 16.6. The van der Waals surface area contributed by atoms with Gasteiger partial charge >= 0.3 is 0 Å². The Morgan fingerprint density at radius 2 is 2.28 bits per heavy atom. The van der Waals surface area contributed by atoms with Crippen molar-refractivity contribution in [1.82, 2.24) is 20.6 Å². The van der Waals surface area contributed by atoms with Crippen molar-refractivity contribution < 1.29 is 14.2 Å². The van der Waals surface area contributed by atoms with Gasteiger partial charge in [0.2, 0.25) is 5.91 Å². The number of benzene rings is 1. The molecule has 7 heteroatoms. The zero-order chi connectivity index (χ0) is 17.2. The highest BCUT2D eigenvalue weighted by Gasteiger charge is 2.29. The first-order valence-electron chi connectivity index (χ1n) is 8.53. The van der Waals surface area contributed by atoms with Crippen molar-refractivity contribution in [2.45, 2.75) is 32.1 Å². The highest BCUT2D eigenvalue weighted by molar-refractivity contribution is 5.90. The first-order valence-corrected chi connectivity index (χ1v) is 8.53. The van der Waals surface area contributed by atoms with Crippen LogP contribution in [0.15, 0.2) is 28.9 Å². The van der Waals surface area contributed by atoms with Crippen molar-refractivity contribution in [3.63, 3.8) is 0 Å². The fourth-order valence-corrected chi connectivity index (χ4v) is 3.48. The summed E-state index contributed by atoms with van der Waals surface area (Å²) in [6.07, 6.45) is 2.90. The van der Waals surface area contributed by atoms with Crippen LogP contribution in [0.1, 0.15) is 35.7 Å². The second-order valence-electron chi connectivity index (χ2n) is 6.30. The van der Waals surface area contributed by atoms with Crippen LogP contribution in [0.5, 0.6) is 5.88 Å². The molecule has 1 aliphatic rings. The van der Waals surface area contributed by atoms with E-state index in [0.29, 0.717) is 24.7 Å². The Morgan fingerprint density at radius 1 is 1.40 bits per heavy atom. The van der Waals surface area contributed by atoms with Crippen LogP contribution in [0, 0.1) is 6.92 Å². The smallest absolute Gasteiger partial charge is 0.278 e. The van der Waals surface area contributed by atoms with Gasteiger partial charge < -0.3 is 15.0 Å². The van der Waals surface area contributed by atoms with Crippen molar-refractivity contribution in [2.24, 2.45) is 0 Å². The van der Waals surface area contributed by atoms with Gasteiger partial charge in [-0.05, 0) is 43.0 Å². The Labute approximate surface area is 144 Å². The first kappa shape index (κ1) is 15.7. The molecule has 0 radical (unpaired) electrons. The maximum absolute atomic E-state index is 12.6. The molecule has 3 aromatic rings. The Morgan fingerprint density at radius 3 is 3.12 bits per heavy atom. The van der Waals surface area contributed by atoms with Crippen LogP contribution in [0.2, 0.25) is 0 Å². The predicted octanol–water partition coefficient (Wildman–Crippen LogP) is 2.47. The van der Waals surface area contributed by atoms with Gasteiger partial charge in [-0.25, -0.2) is 4.63 Å². The average molecular weight is 340 g/mol. The zero-order valence-corrected chi connectivity index (χ0v) is 14.0. The number of hydrogen-bond donors (Lipinski definition) is 2. The summed E-state index contributed by atoms with van der Waals surface area (Å²) >= 11 is 0. The number of H-pyrrole nitrogens is 1. The zero-order valence-electron chi connectivity index (χ0n) is 14.0. The lowest BCUT2D eigenvalue weighted by Crippen LogP contribution is -2.34. The minimum absolute atomic E-state index is 0.0334. The number of carbonyl (C=O) groups is 1. The van der Waals surface area contributed by atoms with Crippen LogP contribution < -0.4 is 10.1 Å². The highest BCUT2D eigenvalue weighted by Crippen LogP contribution is 2.36. The van der Waals surface area contributed by atoms with E-state index in [-0.39, 0.29) is 11.8 Å². The molecule has 1 amide bonds. The molecule has 1 aromatic carbocycles. The minimum Gasteiger partial charge on any atom is -0.472 e. The molecule has 0 bridgehead atoms. The van der Waals surface area contributed by atoms with E-state index >= 15 is 0 Å². The Hall–Kier alpha value is -2.83. The Bertz CT molecular complexity index is 899. The molecule has 25 heavy (non-hydrogen) atoms. The van der Waals surface area contributed by atoms with Crippen LogP contribution >= 0.6 is 0 Å². The van der Waals surface area contributed by atoms with Crippen molar-refractivity contribution in [3.8, 4) is 5.88 Å². The van der Waals surface area contributed by atoms with E-state index in [1.54, 1.807) is 6.92 Å². The van der Waals surface area contributed by atoms with Gasteiger partial charge in [0.15, 0.2) is 0 Å². The van der Waals surface area contributed by atoms with Crippen molar-refractivity contribution >= 4 is 16.8 Å². The van der Waals surface area contributed by atoms with Gasteiger partial charge in [-0.2, -0.15) is 0 Å². The van der Waals surface area contributed by atoms with Gasteiger partial charge in [-0.3, -0.25) is 4.79 Å². The van der Waals surface area contributed by atoms with Gasteiger partial charge in [-0.1, -0.05) is 23.4 Å². The molecular weight excluding hydrogens is 320 g/mol. The van der Waals surface area contributed by atoms with Crippen molar-refractivity contribution in [2.75, 3.05) is 13.2 Å². The summed E-state index contributed by atoms with van der Waals surface area (Å²) < 4.78 is 10.0. The monoisotopic (exact) mass is 340 g/mol. The summed E-state index contributed by atoms with van der Waals surface area (Å²) in [7, 11) is 0. The third-order valence-electron chi connectivity index (χ3n) is 4.68. The second-order valence-corrected chi connectivity index (χ2v) is 6.30.